The third-order valence-electron chi connectivity index (χ3n) is 2.78. The van der Waals surface area contributed by atoms with Crippen LogP contribution in [0.2, 0.25) is 0 Å². The van der Waals surface area contributed by atoms with Gasteiger partial charge in [-0.05, 0) is 33.6 Å². The third-order valence-corrected chi connectivity index (χ3v) is 4.24. The van der Waals surface area contributed by atoms with E-state index in [1.807, 2.05) is 0 Å². The topological polar surface area (TPSA) is 71.1 Å². The minimum absolute atomic E-state index is 0.139. The molecular weight excluding hydrogens is 436 g/mol. The summed E-state index contributed by atoms with van der Waals surface area (Å²) in [6.45, 7) is 2.64. The Morgan fingerprint density at radius 1 is 1.04 bits per heavy atom. The van der Waals surface area contributed by atoms with Gasteiger partial charge in [0, 0.05) is 25.1 Å². The molecule has 0 amide bonds. The molecule has 0 aliphatic rings. The highest BCUT2D eigenvalue weighted by molar-refractivity contribution is 9.10. The first-order valence-electron chi connectivity index (χ1n) is 6.68. The molecule has 2 atom stereocenters. The lowest BCUT2D eigenvalue weighted by molar-refractivity contribution is -0.142. The van der Waals surface area contributed by atoms with E-state index in [1.54, 1.807) is 12.1 Å². The number of halogens is 2. The van der Waals surface area contributed by atoms with Gasteiger partial charge in [-0.1, -0.05) is 15.9 Å². The van der Waals surface area contributed by atoms with Crippen molar-refractivity contribution in [3.63, 3.8) is 0 Å². The van der Waals surface area contributed by atoms with E-state index in [4.69, 9.17) is 18.9 Å². The van der Waals surface area contributed by atoms with E-state index in [0.717, 1.165) is 5.56 Å². The summed E-state index contributed by atoms with van der Waals surface area (Å²) in [5.74, 6) is 0.128. The number of methoxy groups -OCH3 is 2. The van der Waals surface area contributed by atoms with Crippen LogP contribution in [0, 0.1) is 0 Å². The zero-order chi connectivity index (χ0) is 17.6. The highest BCUT2D eigenvalue weighted by Gasteiger charge is 2.21. The number of rotatable bonds is 7. The molecule has 2 unspecified atom stereocenters. The standard InChI is InChI=1S/C15H18Br2O6/c1-8(18)22-14(17)7-11(16)10-5-12(20-3)15(23-9(2)19)13(6-10)21-4/h5-6,11,14H,7H2,1-4H3. The van der Waals surface area contributed by atoms with E-state index >= 15 is 0 Å². The third kappa shape index (κ3) is 6.02. The number of carbonyl (C=O) groups is 2. The second-order valence-corrected chi connectivity index (χ2v) is 6.70. The van der Waals surface area contributed by atoms with Crippen LogP contribution in [0.4, 0.5) is 0 Å². The molecule has 0 aliphatic carbocycles. The number of esters is 2. The molecule has 6 nitrogen and oxygen atoms in total. The fourth-order valence-corrected chi connectivity index (χ4v) is 3.59. The normalized spacial score (nSPS) is 13.0. The number of hydrogen-bond acceptors (Lipinski definition) is 6. The van der Waals surface area contributed by atoms with Gasteiger partial charge in [-0.3, -0.25) is 9.59 Å². The molecule has 0 saturated heterocycles. The Morgan fingerprint density at radius 3 is 1.96 bits per heavy atom. The van der Waals surface area contributed by atoms with Crippen molar-refractivity contribution in [1.82, 2.24) is 0 Å². The van der Waals surface area contributed by atoms with Crippen molar-refractivity contribution in [1.29, 1.82) is 0 Å². The summed E-state index contributed by atoms with van der Waals surface area (Å²) in [6, 6.07) is 3.46. The minimum atomic E-state index is -0.472. The SMILES string of the molecule is COc1cc(C(Br)CC(Br)OC(C)=O)cc(OC)c1OC(C)=O. The van der Waals surface area contributed by atoms with Gasteiger partial charge in [0.1, 0.15) is 0 Å². The van der Waals surface area contributed by atoms with E-state index in [9.17, 15) is 9.59 Å². The Morgan fingerprint density at radius 2 is 1.57 bits per heavy atom. The molecule has 1 rings (SSSR count). The van der Waals surface area contributed by atoms with Crippen LogP contribution in [-0.4, -0.2) is 31.2 Å². The van der Waals surface area contributed by atoms with E-state index in [2.05, 4.69) is 31.9 Å². The maximum absolute atomic E-state index is 11.2. The first kappa shape index (κ1) is 19.8. The van der Waals surface area contributed by atoms with Gasteiger partial charge in [-0.15, -0.1) is 0 Å². The van der Waals surface area contributed by atoms with E-state index in [-0.39, 0.29) is 16.5 Å². The maximum atomic E-state index is 11.2. The molecule has 128 valence electrons. The molecule has 0 aliphatic heterocycles. The predicted octanol–water partition coefficient (Wildman–Crippen LogP) is 3.74. The molecule has 0 fully saturated rings. The summed E-state index contributed by atoms with van der Waals surface area (Å²) in [5, 5.41) is -0.436. The van der Waals surface area contributed by atoms with Crippen molar-refractivity contribution < 1.29 is 28.5 Å². The Hall–Kier alpha value is -1.28. The Balaban J connectivity index is 3.07. The molecule has 1 aromatic carbocycles. The number of hydrogen-bond donors (Lipinski definition) is 0. The van der Waals surface area contributed by atoms with Crippen LogP contribution in [0.1, 0.15) is 30.7 Å². The first-order chi connectivity index (χ1) is 10.8. The first-order valence-corrected chi connectivity index (χ1v) is 8.51. The van der Waals surface area contributed by atoms with Gasteiger partial charge in [0.15, 0.2) is 16.5 Å². The Labute approximate surface area is 151 Å². The molecule has 0 N–H and O–H groups in total. The van der Waals surface area contributed by atoms with Crippen molar-refractivity contribution in [3.05, 3.63) is 17.7 Å². The highest BCUT2D eigenvalue weighted by Crippen LogP contribution is 2.43. The summed E-state index contributed by atoms with van der Waals surface area (Å²) in [4.78, 5) is 22.0. The number of ether oxygens (including phenoxy) is 4. The Bertz CT molecular complexity index is 550. The van der Waals surface area contributed by atoms with Crippen LogP contribution in [0.25, 0.3) is 0 Å². The van der Waals surface area contributed by atoms with Crippen molar-refractivity contribution >= 4 is 43.8 Å². The summed E-state index contributed by atoms with van der Waals surface area (Å²) in [7, 11) is 2.95. The van der Waals surface area contributed by atoms with Gasteiger partial charge in [0.05, 0.1) is 14.2 Å². The molecule has 0 radical (unpaired) electrons. The molecule has 0 heterocycles. The lowest BCUT2D eigenvalue weighted by atomic mass is 10.1. The molecule has 0 spiro atoms. The molecule has 0 bridgehead atoms. The minimum Gasteiger partial charge on any atom is -0.493 e. The van der Waals surface area contributed by atoms with Gasteiger partial charge in [0.2, 0.25) is 5.75 Å². The van der Waals surface area contributed by atoms with Gasteiger partial charge in [-0.25, -0.2) is 0 Å². The largest absolute Gasteiger partial charge is 0.493 e. The smallest absolute Gasteiger partial charge is 0.308 e. The van der Waals surface area contributed by atoms with E-state index in [0.29, 0.717) is 17.9 Å². The van der Waals surface area contributed by atoms with E-state index in [1.165, 1.54) is 28.1 Å². The fraction of sp³-hybridized carbons (Fsp3) is 0.467. The van der Waals surface area contributed by atoms with Crippen molar-refractivity contribution in [2.75, 3.05) is 14.2 Å². The lowest BCUT2D eigenvalue weighted by Crippen LogP contribution is -2.11. The number of carbonyl (C=O) groups excluding carboxylic acids is 2. The molecule has 1 aromatic rings. The number of alkyl halides is 2. The second kappa shape index (κ2) is 9.12. The summed E-state index contributed by atoms with van der Waals surface area (Å²) in [5.41, 5.74) is 0.825. The maximum Gasteiger partial charge on any atom is 0.308 e. The van der Waals surface area contributed by atoms with Crippen molar-refractivity contribution in [2.45, 2.75) is 30.1 Å². The lowest BCUT2D eigenvalue weighted by Gasteiger charge is -2.18. The summed E-state index contributed by atoms with van der Waals surface area (Å²) >= 11 is 6.83. The molecule has 8 heteroatoms. The van der Waals surface area contributed by atoms with Crippen LogP contribution in [-0.2, 0) is 14.3 Å². The predicted molar refractivity (Wildman–Crippen MR) is 91.6 cm³/mol. The van der Waals surface area contributed by atoms with Crippen LogP contribution in [0.3, 0.4) is 0 Å². The van der Waals surface area contributed by atoms with Crippen LogP contribution in [0.15, 0.2) is 12.1 Å². The monoisotopic (exact) mass is 452 g/mol. The van der Waals surface area contributed by atoms with Gasteiger partial charge >= 0.3 is 11.9 Å². The molecule has 23 heavy (non-hydrogen) atoms. The van der Waals surface area contributed by atoms with Gasteiger partial charge < -0.3 is 18.9 Å². The highest BCUT2D eigenvalue weighted by atomic mass is 79.9. The number of benzene rings is 1. The van der Waals surface area contributed by atoms with Crippen LogP contribution in [0.5, 0.6) is 17.2 Å². The summed E-state index contributed by atoms with van der Waals surface area (Å²) < 4.78 is 20.7. The quantitative estimate of drug-likeness (QED) is 0.355. The average molecular weight is 454 g/mol. The average Bonchev–Trinajstić information content (AvgIpc) is 2.45. The second-order valence-electron chi connectivity index (χ2n) is 4.57. The molecular formula is C15H18Br2O6. The van der Waals surface area contributed by atoms with Crippen molar-refractivity contribution in [3.8, 4) is 17.2 Å². The van der Waals surface area contributed by atoms with Crippen LogP contribution >= 0.6 is 31.9 Å². The zero-order valence-corrected chi connectivity index (χ0v) is 16.4. The van der Waals surface area contributed by atoms with Crippen LogP contribution < -0.4 is 14.2 Å². The summed E-state index contributed by atoms with van der Waals surface area (Å²) in [6.07, 6.45) is 0.485. The van der Waals surface area contributed by atoms with Crippen molar-refractivity contribution in [2.24, 2.45) is 0 Å². The zero-order valence-electron chi connectivity index (χ0n) is 13.2. The van der Waals surface area contributed by atoms with E-state index < -0.39 is 11.0 Å². The Kier molecular flexibility index (Phi) is 7.84. The molecule has 0 aromatic heterocycles. The van der Waals surface area contributed by atoms with Gasteiger partial charge in [-0.2, -0.15) is 0 Å². The molecule has 0 saturated carbocycles. The van der Waals surface area contributed by atoms with Gasteiger partial charge in [0.25, 0.3) is 0 Å². The fourth-order valence-electron chi connectivity index (χ4n) is 1.85.